The minimum absolute atomic E-state index is 0.110. The van der Waals surface area contributed by atoms with Gasteiger partial charge < -0.3 is 10.1 Å². The van der Waals surface area contributed by atoms with Gasteiger partial charge in [0.15, 0.2) is 6.61 Å². The second-order valence-corrected chi connectivity index (χ2v) is 6.58. The van der Waals surface area contributed by atoms with E-state index in [1.807, 2.05) is 19.1 Å². The highest BCUT2D eigenvalue weighted by Crippen LogP contribution is 2.27. The normalized spacial score (nSPS) is 10.9. The summed E-state index contributed by atoms with van der Waals surface area (Å²) >= 11 is 0. The van der Waals surface area contributed by atoms with E-state index in [0.717, 1.165) is 16.7 Å². The molecule has 0 aliphatic heterocycles. The largest absolute Gasteiger partial charge is 0.483 e. The van der Waals surface area contributed by atoms with Crippen molar-refractivity contribution < 1.29 is 14.3 Å². The fourth-order valence-corrected chi connectivity index (χ4v) is 2.46. The Balaban J connectivity index is 1.86. The lowest BCUT2D eigenvalue weighted by atomic mass is 10.00. The van der Waals surface area contributed by atoms with Crippen LogP contribution in [-0.4, -0.2) is 24.6 Å². The van der Waals surface area contributed by atoms with Gasteiger partial charge >= 0.3 is 0 Å². The van der Waals surface area contributed by atoms with Gasteiger partial charge in [-0.05, 0) is 42.2 Å². The molecule has 0 saturated carbocycles. The number of carbonyl (C=O) groups excluding carboxylic acids is 2. The molecule has 27 heavy (non-hydrogen) atoms. The Morgan fingerprint density at radius 1 is 1.15 bits per heavy atom. The van der Waals surface area contributed by atoms with Crippen molar-refractivity contribution in [2.24, 2.45) is 5.10 Å². The Morgan fingerprint density at radius 2 is 1.85 bits per heavy atom. The smallest absolute Gasteiger partial charge is 0.277 e. The number of ether oxygens (including phenoxy) is 1. The summed E-state index contributed by atoms with van der Waals surface area (Å²) in [6, 6.07) is 13.0. The maximum atomic E-state index is 11.9. The first-order chi connectivity index (χ1) is 12.8. The first-order valence-electron chi connectivity index (χ1n) is 8.78. The fraction of sp³-hybridized carbons (Fsp3) is 0.286. The molecule has 2 N–H and O–H groups in total. The van der Waals surface area contributed by atoms with E-state index in [4.69, 9.17) is 4.74 Å². The molecule has 6 heteroatoms. The zero-order valence-corrected chi connectivity index (χ0v) is 16.1. The third-order valence-electron chi connectivity index (χ3n) is 3.78. The first-order valence-corrected chi connectivity index (χ1v) is 8.78. The lowest BCUT2D eigenvalue weighted by molar-refractivity contribution is -0.123. The molecule has 0 aliphatic carbocycles. The molecule has 0 fully saturated rings. The van der Waals surface area contributed by atoms with Crippen LogP contribution >= 0.6 is 0 Å². The first kappa shape index (κ1) is 20.2. The zero-order valence-electron chi connectivity index (χ0n) is 16.1. The van der Waals surface area contributed by atoms with E-state index in [0.29, 0.717) is 17.4 Å². The van der Waals surface area contributed by atoms with Crippen LogP contribution in [0.2, 0.25) is 0 Å². The van der Waals surface area contributed by atoms with Crippen LogP contribution in [0.15, 0.2) is 47.6 Å². The average molecular weight is 367 g/mol. The molecule has 2 amide bonds. The zero-order chi connectivity index (χ0) is 19.8. The lowest BCUT2D eigenvalue weighted by Crippen LogP contribution is -2.24. The average Bonchev–Trinajstić information content (AvgIpc) is 2.61. The second kappa shape index (κ2) is 9.52. The Bertz CT molecular complexity index is 827. The topological polar surface area (TPSA) is 79.8 Å². The van der Waals surface area contributed by atoms with Gasteiger partial charge in [-0.1, -0.05) is 43.7 Å². The Hall–Kier alpha value is -3.15. The SMILES string of the molecule is CC(=O)Nc1ccc(C=NNC(=O)COc2ccc(C)cc2C(C)C)cc1. The summed E-state index contributed by atoms with van der Waals surface area (Å²) in [6.45, 7) is 7.54. The van der Waals surface area contributed by atoms with Gasteiger partial charge in [-0.3, -0.25) is 9.59 Å². The van der Waals surface area contributed by atoms with Gasteiger partial charge in [0, 0.05) is 12.6 Å². The fourth-order valence-electron chi connectivity index (χ4n) is 2.46. The van der Waals surface area contributed by atoms with Crippen molar-refractivity contribution in [1.82, 2.24) is 5.43 Å². The Kier molecular flexibility index (Phi) is 7.11. The third kappa shape index (κ3) is 6.58. The van der Waals surface area contributed by atoms with Gasteiger partial charge in [-0.15, -0.1) is 0 Å². The van der Waals surface area contributed by atoms with E-state index in [2.05, 4.69) is 35.8 Å². The number of hydrazone groups is 1. The number of anilines is 1. The molecule has 0 aliphatic rings. The Morgan fingerprint density at radius 3 is 2.48 bits per heavy atom. The van der Waals surface area contributed by atoms with E-state index < -0.39 is 0 Å². The van der Waals surface area contributed by atoms with Crippen molar-refractivity contribution >= 4 is 23.7 Å². The standard InChI is InChI=1S/C21H25N3O3/c1-14(2)19-11-15(3)5-10-20(19)27-13-21(26)24-22-12-17-6-8-18(9-7-17)23-16(4)25/h5-12,14H,13H2,1-4H3,(H,23,25)(H,24,26). The van der Waals surface area contributed by atoms with Gasteiger partial charge in [0.05, 0.1) is 6.21 Å². The molecule has 2 aromatic carbocycles. The molecule has 0 unspecified atom stereocenters. The van der Waals surface area contributed by atoms with Crippen molar-refractivity contribution in [3.8, 4) is 5.75 Å². The summed E-state index contributed by atoms with van der Waals surface area (Å²) in [4.78, 5) is 22.9. The third-order valence-corrected chi connectivity index (χ3v) is 3.78. The molecule has 2 aromatic rings. The summed E-state index contributed by atoms with van der Waals surface area (Å²) in [7, 11) is 0. The summed E-state index contributed by atoms with van der Waals surface area (Å²) in [6.07, 6.45) is 1.53. The number of nitrogens with zero attached hydrogens (tertiary/aromatic N) is 1. The van der Waals surface area contributed by atoms with Crippen LogP contribution in [0.3, 0.4) is 0 Å². The van der Waals surface area contributed by atoms with E-state index in [1.54, 1.807) is 24.3 Å². The molecule has 6 nitrogen and oxygen atoms in total. The van der Waals surface area contributed by atoms with Gasteiger partial charge in [0.25, 0.3) is 5.91 Å². The summed E-state index contributed by atoms with van der Waals surface area (Å²) in [5.41, 5.74) is 6.18. The number of hydrogen-bond acceptors (Lipinski definition) is 4. The maximum Gasteiger partial charge on any atom is 0.277 e. The molecule has 0 radical (unpaired) electrons. The molecule has 0 spiro atoms. The van der Waals surface area contributed by atoms with Crippen molar-refractivity contribution in [2.75, 3.05) is 11.9 Å². The minimum Gasteiger partial charge on any atom is -0.483 e. The molecule has 0 bridgehead atoms. The number of benzene rings is 2. The predicted molar refractivity (Wildman–Crippen MR) is 107 cm³/mol. The highest BCUT2D eigenvalue weighted by molar-refractivity contribution is 5.89. The highest BCUT2D eigenvalue weighted by atomic mass is 16.5. The second-order valence-electron chi connectivity index (χ2n) is 6.58. The molecular weight excluding hydrogens is 342 g/mol. The van der Waals surface area contributed by atoms with Gasteiger partial charge in [0.2, 0.25) is 5.91 Å². The quantitative estimate of drug-likeness (QED) is 0.579. The molecule has 0 heterocycles. The minimum atomic E-state index is -0.337. The number of rotatable bonds is 7. The van der Waals surface area contributed by atoms with Crippen LogP contribution in [0.1, 0.15) is 43.4 Å². The molecule has 0 atom stereocenters. The number of aryl methyl sites for hydroxylation is 1. The van der Waals surface area contributed by atoms with E-state index in [9.17, 15) is 9.59 Å². The summed E-state index contributed by atoms with van der Waals surface area (Å²) < 4.78 is 5.64. The van der Waals surface area contributed by atoms with Crippen LogP contribution in [0.4, 0.5) is 5.69 Å². The molecule has 2 rings (SSSR count). The van der Waals surface area contributed by atoms with Crippen LogP contribution < -0.4 is 15.5 Å². The number of nitrogens with one attached hydrogen (secondary N) is 2. The van der Waals surface area contributed by atoms with Crippen LogP contribution in [0.25, 0.3) is 0 Å². The van der Waals surface area contributed by atoms with Crippen LogP contribution in [0.5, 0.6) is 5.75 Å². The summed E-state index contributed by atoms with van der Waals surface area (Å²) in [5, 5.41) is 6.61. The molecule has 0 aromatic heterocycles. The van der Waals surface area contributed by atoms with Crippen molar-refractivity contribution in [3.63, 3.8) is 0 Å². The van der Waals surface area contributed by atoms with E-state index >= 15 is 0 Å². The van der Waals surface area contributed by atoms with Crippen molar-refractivity contribution in [3.05, 3.63) is 59.2 Å². The number of hydrogen-bond donors (Lipinski definition) is 2. The van der Waals surface area contributed by atoms with Crippen molar-refractivity contribution in [2.45, 2.75) is 33.6 Å². The predicted octanol–water partition coefficient (Wildman–Crippen LogP) is 3.61. The maximum absolute atomic E-state index is 11.9. The van der Waals surface area contributed by atoms with Gasteiger partial charge in [0.1, 0.15) is 5.75 Å². The van der Waals surface area contributed by atoms with Gasteiger partial charge in [-0.2, -0.15) is 5.10 Å². The van der Waals surface area contributed by atoms with E-state index in [-0.39, 0.29) is 18.4 Å². The highest BCUT2D eigenvalue weighted by Gasteiger charge is 2.10. The molecular formula is C21H25N3O3. The molecule has 142 valence electrons. The number of amides is 2. The molecule has 0 saturated heterocycles. The monoisotopic (exact) mass is 367 g/mol. The van der Waals surface area contributed by atoms with Crippen LogP contribution in [0, 0.1) is 6.92 Å². The summed E-state index contributed by atoms with van der Waals surface area (Å²) in [5.74, 6) is 0.555. The van der Waals surface area contributed by atoms with Crippen molar-refractivity contribution in [1.29, 1.82) is 0 Å². The van der Waals surface area contributed by atoms with E-state index in [1.165, 1.54) is 13.1 Å². The number of carbonyl (C=O) groups is 2. The van der Waals surface area contributed by atoms with Crippen LogP contribution in [-0.2, 0) is 9.59 Å². The Labute approximate surface area is 159 Å². The lowest BCUT2D eigenvalue weighted by Gasteiger charge is -2.14. The van der Waals surface area contributed by atoms with Gasteiger partial charge in [-0.25, -0.2) is 5.43 Å².